The molecule has 0 amide bonds. The van der Waals surface area contributed by atoms with Gasteiger partial charge in [0.2, 0.25) is 0 Å². The number of fused-ring (bicyclic) bond motifs is 1. The van der Waals surface area contributed by atoms with E-state index in [2.05, 4.69) is 46.6 Å². The van der Waals surface area contributed by atoms with Crippen LogP contribution in [0.25, 0.3) is 11.0 Å². The maximum absolute atomic E-state index is 5.87. The van der Waals surface area contributed by atoms with Gasteiger partial charge in [0.1, 0.15) is 18.2 Å². The fourth-order valence-corrected chi connectivity index (χ4v) is 3.09. The van der Waals surface area contributed by atoms with Crippen LogP contribution in [-0.2, 0) is 17.7 Å². The minimum absolute atomic E-state index is 0.520. The number of methoxy groups -OCH3 is 1. The topological polar surface area (TPSA) is 83.6 Å². The maximum atomic E-state index is 5.87. The van der Waals surface area contributed by atoms with E-state index in [1.807, 2.05) is 30.3 Å². The number of nitrogens with one attached hydrogen (secondary N) is 3. The van der Waals surface area contributed by atoms with E-state index < -0.39 is 0 Å². The van der Waals surface area contributed by atoms with Crippen molar-refractivity contribution in [2.24, 2.45) is 4.99 Å². The van der Waals surface area contributed by atoms with E-state index in [4.69, 9.17) is 14.5 Å². The molecule has 2 aromatic carbocycles. The van der Waals surface area contributed by atoms with Gasteiger partial charge in [-0.1, -0.05) is 24.3 Å². The summed E-state index contributed by atoms with van der Waals surface area (Å²) in [5.74, 6) is 2.60. The van der Waals surface area contributed by atoms with Gasteiger partial charge in [0.05, 0.1) is 24.2 Å². The molecule has 160 valence electrons. The lowest BCUT2D eigenvalue weighted by molar-refractivity contribution is 0.145. The van der Waals surface area contributed by atoms with Gasteiger partial charge in [-0.25, -0.2) is 9.98 Å². The molecule has 1 heterocycles. The van der Waals surface area contributed by atoms with Crippen LogP contribution in [0.1, 0.15) is 23.9 Å². The Morgan fingerprint density at radius 3 is 2.80 bits per heavy atom. The zero-order valence-electron chi connectivity index (χ0n) is 18.0. The summed E-state index contributed by atoms with van der Waals surface area (Å²) >= 11 is 0. The van der Waals surface area contributed by atoms with Crippen molar-refractivity contribution in [2.45, 2.75) is 26.8 Å². The van der Waals surface area contributed by atoms with Gasteiger partial charge in [-0.15, -0.1) is 0 Å². The molecular weight excluding hydrogens is 378 g/mol. The third-order valence-electron chi connectivity index (χ3n) is 4.61. The molecule has 0 aliphatic rings. The number of benzene rings is 2. The molecule has 3 rings (SSSR count). The number of imidazole rings is 1. The fourth-order valence-electron chi connectivity index (χ4n) is 3.09. The quantitative estimate of drug-likeness (QED) is 0.272. The average molecular weight is 410 g/mol. The SMILES string of the molecule is CCNC(=NCc1ccc(C)cc1OCCOC)NCCc1nc2ccccc2[nH]1. The number of para-hydroxylation sites is 2. The van der Waals surface area contributed by atoms with Gasteiger partial charge in [-0.2, -0.15) is 0 Å². The van der Waals surface area contributed by atoms with Gasteiger partial charge in [-0.05, 0) is 37.6 Å². The van der Waals surface area contributed by atoms with Crippen LogP contribution >= 0.6 is 0 Å². The molecule has 30 heavy (non-hydrogen) atoms. The summed E-state index contributed by atoms with van der Waals surface area (Å²) in [5.41, 5.74) is 4.26. The number of ether oxygens (including phenoxy) is 2. The molecule has 0 radical (unpaired) electrons. The smallest absolute Gasteiger partial charge is 0.191 e. The van der Waals surface area contributed by atoms with Crippen LogP contribution in [-0.4, -0.2) is 49.3 Å². The Bertz CT molecular complexity index is 934. The monoisotopic (exact) mass is 409 g/mol. The summed E-state index contributed by atoms with van der Waals surface area (Å²) in [6.07, 6.45) is 0.787. The standard InChI is InChI=1S/C23H31N5O2/c1-4-24-23(25-12-11-22-27-19-7-5-6-8-20(19)28-22)26-16-18-10-9-17(2)15-21(18)30-14-13-29-3/h5-10,15H,4,11-14,16H2,1-3H3,(H,27,28)(H2,24,25,26). The summed E-state index contributed by atoms with van der Waals surface area (Å²) in [6.45, 7) is 7.25. The summed E-state index contributed by atoms with van der Waals surface area (Å²) in [5, 5.41) is 6.68. The van der Waals surface area contributed by atoms with Crippen molar-refractivity contribution in [3.63, 3.8) is 0 Å². The Hall–Kier alpha value is -3.06. The van der Waals surface area contributed by atoms with E-state index in [-0.39, 0.29) is 0 Å². The predicted molar refractivity (Wildman–Crippen MR) is 121 cm³/mol. The van der Waals surface area contributed by atoms with E-state index in [0.29, 0.717) is 19.8 Å². The van der Waals surface area contributed by atoms with E-state index >= 15 is 0 Å². The number of H-pyrrole nitrogens is 1. The third-order valence-corrected chi connectivity index (χ3v) is 4.61. The Morgan fingerprint density at radius 1 is 1.13 bits per heavy atom. The highest BCUT2D eigenvalue weighted by Crippen LogP contribution is 2.21. The highest BCUT2D eigenvalue weighted by atomic mass is 16.5. The van der Waals surface area contributed by atoms with Crippen LogP contribution in [0.3, 0.4) is 0 Å². The van der Waals surface area contributed by atoms with Gasteiger partial charge >= 0.3 is 0 Å². The highest BCUT2D eigenvalue weighted by molar-refractivity contribution is 5.79. The van der Waals surface area contributed by atoms with Crippen LogP contribution in [0.4, 0.5) is 0 Å². The first-order chi connectivity index (χ1) is 14.7. The molecule has 0 spiro atoms. The van der Waals surface area contributed by atoms with Crippen molar-refractivity contribution in [3.8, 4) is 5.75 Å². The van der Waals surface area contributed by atoms with Crippen LogP contribution in [0.5, 0.6) is 5.75 Å². The van der Waals surface area contributed by atoms with E-state index in [1.165, 1.54) is 0 Å². The van der Waals surface area contributed by atoms with Crippen molar-refractivity contribution in [2.75, 3.05) is 33.4 Å². The van der Waals surface area contributed by atoms with E-state index in [9.17, 15) is 0 Å². The minimum atomic E-state index is 0.520. The zero-order chi connectivity index (χ0) is 21.2. The van der Waals surface area contributed by atoms with Crippen molar-refractivity contribution in [3.05, 3.63) is 59.4 Å². The van der Waals surface area contributed by atoms with E-state index in [0.717, 1.165) is 59.2 Å². The molecule has 0 unspecified atom stereocenters. The van der Waals surface area contributed by atoms with Crippen LogP contribution in [0, 0.1) is 6.92 Å². The lowest BCUT2D eigenvalue weighted by atomic mass is 10.1. The van der Waals surface area contributed by atoms with E-state index in [1.54, 1.807) is 7.11 Å². The first kappa shape index (κ1) is 21.6. The van der Waals surface area contributed by atoms with Crippen LogP contribution < -0.4 is 15.4 Å². The van der Waals surface area contributed by atoms with Gasteiger partial charge in [0.25, 0.3) is 0 Å². The second kappa shape index (κ2) is 11.2. The first-order valence-electron chi connectivity index (χ1n) is 10.4. The molecule has 0 aliphatic carbocycles. The second-order valence-corrected chi connectivity index (χ2v) is 7.03. The van der Waals surface area contributed by atoms with Gasteiger partial charge < -0.3 is 25.1 Å². The number of nitrogens with zero attached hydrogens (tertiary/aromatic N) is 2. The number of hydrogen-bond acceptors (Lipinski definition) is 4. The number of guanidine groups is 1. The van der Waals surface area contributed by atoms with Crippen LogP contribution in [0.2, 0.25) is 0 Å². The first-order valence-corrected chi connectivity index (χ1v) is 10.4. The average Bonchev–Trinajstić information content (AvgIpc) is 3.16. The number of aromatic nitrogens is 2. The number of aliphatic imine (C=N–C) groups is 1. The molecule has 0 aliphatic heterocycles. The lowest BCUT2D eigenvalue weighted by Crippen LogP contribution is -2.38. The fraction of sp³-hybridized carbons (Fsp3) is 0.391. The molecule has 0 atom stereocenters. The molecule has 0 saturated carbocycles. The Morgan fingerprint density at radius 2 is 2.00 bits per heavy atom. The van der Waals surface area contributed by atoms with Crippen molar-refractivity contribution in [1.82, 2.24) is 20.6 Å². The molecule has 1 aromatic heterocycles. The summed E-state index contributed by atoms with van der Waals surface area (Å²) in [7, 11) is 1.67. The number of rotatable bonds is 10. The summed E-state index contributed by atoms with van der Waals surface area (Å²) in [4.78, 5) is 12.7. The number of aryl methyl sites for hydroxylation is 1. The molecule has 7 heteroatoms. The van der Waals surface area contributed by atoms with Crippen molar-refractivity contribution in [1.29, 1.82) is 0 Å². The van der Waals surface area contributed by atoms with Crippen molar-refractivity contribution < 1.29 is 9.47 Å². The molecule has 3 aromatic rings. The Balaban J connectivity index is 1.60. The summed E-state index contributed by atoms with van der Waals surface area (Å²) in [6, 6.07) is 14.3. The Kier molecular flexibility index (Phi) is 8.09. The maximum Gasteiger partial charge on any atom is 0.191 e. The van der Waals surface area contributed by atoms with Gasteiger partial charge in [0.15, 0.2) is 5.96 Å². The Labute approximate surface area is 177 Å². The minimum Gasteiger partial charge on any atom is -0.491 e. The third kappa shape index (κ3) is 6.22. The largest absolute Gasteiger partial charge is 0.491 e. The van der Waals surface area contributed by atoms with Gasteiger partial charge in [-0.3, -0.25) is 0 Å². The molecule has 7 nitrogen and oxygen atoms in total. The molecule has 0 bridgehead atoms. The second-order valence-electron chi connectivity index (χ2n) is 7.03. The van der Waals surface area contributed by atoms with Gasteiger partial charge in [0, 0.05) is 32.2 Å². The molecule has 3 N–H and O–H groups in total. The zero-order valence-corrected chi connectivity index (χ0v) is 18.0. The normalized spacial score (nSPS) is 11.6. The van der Waals surface area contributed by atoms with Crippen LogP contribution in [0.15, 0.2) is 47.5 Å². The number of hydrogen-bond donors (Lipinski definition) is 3. The number of aromatic amines is 1. The molecular formula is C23H31N5O2. The summed E-state index contributed by atoms with van der Waals surface area (Å²) < 4.78 is 11.0. The lowest BCUT2D eigenvalue weighted by Gasteiger charge is -2.13. The predicted octanol–water partition coefficient (Wildman–Crippen LogP) is 3.19. The van der Waals surface area contributed by atoms with Crippen molar-refractivity contribution >= 4 is 17.0 Å². The molecule has 0 saturated heterocycles. The molecule has 0 fully saturated rings. The highest BCUT2D eigenvalue weighted by Gasteiger charge is 2.06.